The van der Waals surface area contributed by atoms with Crippen LogP contribution >= 0.6 is 11.6 Å². The van der Waals surface area contributed by atoms with E-state index < -0.39 is 0 Å². The van der Waals surface area contributed by atoms with Crippen LogP contribution in [0.3, 0.4) is 0 Å². The van der Waals surface area contributed by atoms with Gasteiger partial charge in [0.1, 0.15) is 11.5 Å². The quantitative estimate of drug-likeness (QED) is 0.725. The molecule has 0 aliphatic carbocycles. The predicted molar refractivity (Wildman–Crippen MR) is 97.0 cm³/mol. The van der Waals surface area contributed by atoms with Crippen LogP contribution < -0.4 is 5.32 Å². The van der Waals surface area contributed by atoms with Crippen molar-refractivity contribution in [2.75, 3.05) is 6.54 Å². The Morgan fingerprint density at radius 3 is 2.62 bits per heavy atom. The highest BCUT2D eigenvalue weighted by molar-refractivity contribution is 6.31. The highest BCUT2D eigenvalue weighted by Crippen LogP contribution is 2.28. The average Bonchev–Trinajstić information content (AvgIpc) is 2.99. The fourth-order valence-corrected chi connectivity index (χ4v) is 3.46. The van der Waals surface area contributed by atoms with E-state index in [1.54, 1.807) is 13.0 Å². The molecule has 0 fully saturated rings. The second kappa shape index (κ2) is 6.36. The van der Waals surface area contributed by atoms with E-state index in [0.29, 0.717) is 17.9 Å². The number of amides is 1. The fraction of sp³-hybridized carbons (Fsp3) is 0.316. The molecule has 2 heterocycles. The molecule has 2 N–H and O–H groups in total. The third kappa shape index (κ3) is 3.06. The number of benzene rings is 1. The lowest BCUT2D eigenvalue weighted by Gasteiger charge is -2.05. The van der Waals surface area contributed by atoms with Gasteiger partial charge in [0.25, 0.3) is 5.91 Å². The third-order valence-corrected chi connectivity index (χ3v) is 4.55. The van der Waals surface area contributed by atoms with Crippen molar-refractivity contribution in [3.05, 3.63) is 57.1 Å². The molecule has 0 aliphatic heterocycles. The molecule has 2 aromatic heterocycles. The Balaban J connectivity index is 1.75. The van der Waals surface area contributed by atoms with Crippen LogP contribution in [0, 0.1) is 27.7 Å². The van der Waals surface area contributed by atoms with Gasteiger partial charge in [-0.3, -0.25) is 4.79 Å². The molecule has 0 atom stereocenters. The lowest BCUT2D eigenvalue weighted by atomic mass is 10.1. The second-order valence-electron chi connectivity index (χ2n) is 6.21. The first-order chi connectivity index (χ1) is 11.4. The molecule has 126 valence electrons. The van der Waals surface area contributed by atoms with Crippen molar-refractivity contribution in [1.29, 1.82) is 0 Å². The molecule has 0 saturated carbocycles. The Morgan fingerprint density at radius 2 is 1.96 bits per heavy atom. The second-order valence-corrected chi connectivity index (χ2v) is 6.64. The molecular formula is C19H21ClN2O2. The van der Waals surface area contributed by atoms with Gasteiger partial charge in [0, 0.05) is 28.2 Å². The molecule has 3 rings (SSSR count). The van der Waals surface area contributed by atoms with Gasteiger partial charge in [0.05, 0.1) is 5.56 Å². The van der Waals surface area contributed by atoms with E-state index in [9.17, 15) is 4.79 Å². The summed E-state index contributed by atoms with van der Waals surface area (Å²) in [6, 6.07) is 5.70. The van der Waals surface area contributed by atoms with Crippen molar-refractivity contribution in [3.8, 4) is 0 Å². The number of carbonyl (C=O) groups excluding carboxylic acids is 1. The summed E-state index contributed by atoms with van der Waals surface area (Å²) in [6.07, 6.45) is 0.743. The largest absolute Gasteiger partial charge is 0.466 e. The maximum atomic E-state index is 12.3. The van der Waals surface area contributed by atoms with E-state index in [0.717, 1.165) is 39.4 Å². The smallest absolute Gasteiger partial charge is 0.254 e. The zero-order chi connectivity index (χ0) is 17.4. The van der Waals surface area contributed by atoms with Crippen LogP contribution in [-0.2, 0) is 6.42 Å². The van der Waals surface area contributed by atoms with Crippen LogP contribution in [0.5, 0.6) is 0 Å². The molecule has 24 heavy (non-hydrogen) atoms. The topological polar surface area (TPSA) is 58.0 Å². The van der Waals surface area contributed by atoms with Crippen LogP contribution in [0.1, 0.15) is 38.7 Å². The molecule has 3 aromatic rings. The number of carbonyl (C=O) groups is 1. The van der Waals surface area contributed by atoms with E-state index in [1.807, 2.05) is 32.9 Å². The summed E-state index contributed by atoms with van der Waals surface area (Å²) in [7, 11) is 0. The summed E-state index contributed by atoms with van der Waals surface area (Å²) >= 11 is 6.20. The van der Waals surface area contributed by atoms with Gasteiger partial charge in [0.15, 0.2) is 0 Å². The van der Waals surface area contributed by atoms with Gasteiger partial charge in [-0.05, 0) is 63.4 Å². The lowest BCUT2D eigenvalue weighted by molar-refractivity contribution is 0.0952. The van der Waals surface area contributed by atoms with Crippen molar-refractivity contribution in [1.82, 2.24) is 10.3 Å². The van der Waals surface area contributed by atoms with E-state index in [-0.39, 0.29) is 5.91 Å². The highest BCUT2D eigenvalue weighted by Gasteiger charge is 2.14. The maximum Gasteiger partial charge on any atom is 0.254 e. The van der Waals surface area contributed by atoms with Gasteiger partial charge >= 0.3 is 0 Å². The lowest BCUT2D eigenvalue weighted by Crippen LogP contribution is -2.26. The summed E-state index contributed by atoms with van der Waals surface area (Å²) in [5.41, 5.74) is 5.14. The van der Waals surface area contributed by atoms with E-state index >= 15 is 0 Å². The molecule has 0 radical (unpaired) electrons. The number of halogens is 1. The number of aromatic nitrogens is 1. The number of fused-ring (bicyclic) bond motifs is 1. The van der Waals surface area contributed by atoms with Crippen molar-refractivity contribution in [3.63, 3.8) is 0 Å². The summed E-state index contributed by atoms with van der Waals surface area (Å²) in [6.45, 7) is 8.29. The summed E-state index contributed by atoms with van der Waals surface area (Å²) in [4.78, 5) is 15.7. The van der Waals surface area contributed by atoms with Gasteiger partial charge in [-0.1, -0.05) is 11.6 Å². The number of furan rings is 1. The number of rotatable bonds is 4. The normalized spacial score (nSPS) is 11.2. The van der Waals surface area contributed by atoms with Crippen LogP contribution in [-0.4, -0.2) is 17.4 Å². The average molecular weight is 345 g/mol. The van der Waals surface area contributed by atoms with Gasteiger partial charge in [-0.25, -0.2) is 0 Å². The summed E-state index contributed by atoms with van der Waals surface area (Å²) in [5, 5.41) is 4.82. The Bertz CT molecular complexity index is 921. The Labute approximate surface area is 146 Å². The Morgan fingerprint density at radius 1 is 1.21 bits per heavy atom. The highest BCUT2D eigenvalue weighted by atomic mass is 35.5. The van der Waals surface area contributed by atoms with Gasteiger partial charge in [-0.2, -0.15) is 0 Å². The zero-order valence-corrected chi connectivity index (χ0v) is 15.1. The number of H-pyrrole nitrogens is 1. The number of aryl methyl sites for hydroxylation is 4. The van der Waals surface area contributed by atoms with Crippen molar-refractivity contribution in [2.45, 2.75) is 34.1 Å². The minimum absolute atomic E-state index is 0.101. The number of hydrogen-bond donors (Lipinski definition) is 2. The molecule has 0 spiro atoms. The molecule has 0 unspecified atom stereocenters. The number of hydrogen-bond acceptors (Lipinski definition) is 2. The van der Waals surface area contributed by atoms with Gasteiger partial charge in [0.2, 0.25) is 0 Å². The van der Waals surface area contributed by atoms with Crippen molar-refractivity contribution < 1.29 is 9.21 Å². The summed E-state index contributed by atoms with van der Waals surface area (Å²) in [5.74, 6) is 1.29. The molecule has 1 aromatic carbocycles. The van der Waals surface area contributed by atoms with Crippen LogP contribution in [0.15, 0.2) is 22.6 Å². The molecule has 5 heteroatoms. The first-order valence-electron chi connectivity index (χ1n) is 7.99. The number of aromatic amines is 1. The van der Waals surface area contributed by atoms with Gasteiger partial charge in [-0.15, -0.1) is 0 Å². The monoisotopic (exact) mass is 344 g/mol. The number of nitrogens with one attached hydrogen (secondary N) is 2. The maximum absolute atomic E-state index is 12.3. The zero-order valence-electron chi connectivity index (χ0n) is 14.3. The van der Waals surface area contributed by atoms with Gasteiger partial charge < -0.3 is 14.7 Å². The van der Waals surface area contributed by atoms with Crippen molar-refractivity contribution >= 4 is 28.4 Å². The van der Waals surface area contributed by atoms with Crippen LogP contribution in [0.4, 0.5) is 0 Å². The SMILES string of the molecule is Cc1cc(C(=O)NCCc2c(C)[nH]c3c(C)cc(Cl)cc23)c(C)o1. The Hall–Kier alpha value is -2.20. The summed E-state index contributed by atoms with van der Waals surface area (Å²) < 4.78 is 5.41. The molecule has 0 saturated heterocycles. The van der Waals surface area contributed by atoms with Crippen LogP contribution in [0.25, 0.3) is 10.9 Å². The standard InChI is InChI=1S/C19H21ClN2O2/c1-10-7-14(20)9-17-15(12(3)22-18(10)17)5-6-21-19(23)16-8-11(2)24-13(16)4/h7-9,22H,5-6H2,1-4H3,(H,21,23). The van der Waals surface area contributed by atoms with Crippen molar-refractivity contribution in [2.24, 2.45) is 0 Å². The van der Waals surface area contributed by atoms with E-state index in [1.165, 1.54) is 5.56 Å². The first kappa shape index (κ1) is 16.7. The first-order valence-corrected chi connectivity index (χ1v) is 8.37. The molecular weight excluding hydrogens is 324 g/mol. The minimum Gasteiger partial charge on any atom is -0.466 e. The van der Waals surface area contributed by atoms with Crippen LogP contribution in [0.2, 0.25) is 5.02 Å². The molecule has 0 bridgehead atoms. The third-order valence-electron chi connectivity index (χ3n) is 4.34. The molecule has 4 nitrogen and oxygen atoms in total. The fourth-order valence-electron chi connectivity index (χ4n) is 3.19. The van der Waals surface area contributed by atoms with E-state index in [4.69, 9.17) is 16.0 Å². The molecule has 1 amide bonds. The van der Waals surface area contributed by atoms with E-state index in [2.05, 4.69) is 10.3 Å². The molecule has 0 aliphatic rings. The predicted octanol–water partition coefficient (Wildman–Crippen LogP) is 4.62. The Kier molecular flexibility index (Phi) is 4.41. The minimum atomic E-state index is -0.101.